The molecule has 0 aliphatic heterocycles. The molecule has 106 valence electrons. The first-order chi connectivity index (χ1) is 9.13. The first-order valence-corrected chi connectivity index (χ1v) is 7.27. The lowest BCUT2D eigenvalue weighted by Gasteiger charge is -2.22. The maximum Gasteiger partial charge on any atom is 0.255 e. The molecule has 1 amide bonds. The number of nitrogens with zero attached hydrogens (tertiary/aromatic N) is 1. The van der Waals surface area contributed by atoms with Gasteiger partial charge >= 0.3 is 0 Å². The number of hydrogen-bond acceptors (Lipinski definition) is 2. The first kappa shape index (κ1) is 15.5. The zero-order chi connectivity index (χ0) is 14.3. The molecule has 1 N–H and O–H groups in total. The highest BCUT2D eigenvalue weighted by Gasteiger charge is 2.16. The van der Waals surface area contributed by atoms with Gasteiger partial charge in [0.25, 0.3) is 5.91 Å². The molecule has 1 aromatic carbocycles. The standard InChI is InChI=1S/C16H26N2O/c1-5-10-17-15-12-13(4)8-9-14(15)16(19)18(7-3)11-6-2/h8-9,12,17H,5-7,10-11H2,1-4H3. The number of aryl methyl sites for hydroxylation is 1. The minimum Gasteiger partial charge on any atom is -0.384 e. The van der Waals surface area contributed by atoms with E-state index < -0.39 is 0 Å². The molecular weight excluding hydrogens is 236 g/mol. The summed E-state index contributed by atoms with van der Waals surface area (Å²) in [6.45, 7) is 10.8. The summed E-state index contributed by atoms with van der Waals surface area (Å²) < 4.78 is 0. The Labute approximate surface area is 117 Å². The van der Waals surface area contributed by atoms with Crippen LogP contribution in [0.1, 0.15) is 49.5 Å². The largest absolute Gasteiger partial charge is 0.384 e. The zero-order valence-electron chi connectivity index (χ0n) is 12.6. The summed E-state index contributed by atoms with van der Waals surface area (Å²) in [5, 5.41) is 3.36. The highest BCUT2D eigenvalue weighted by molar-refractivity contribution is 5.99. The van der Waals surface area contributed by atoms with Gasteiger partial charge in [0.15, 0.2) is 0 Å². The van der Waals surface area contributed by atoms with Crippen molar-refractivity contribution in [3.8, 4) is 0 Å². The van der Waals surface area contributed by atoms with E-state index in [1.54, 1.807) is 0 Å². The van der Waals surface area contributed by atoms with Crippen LogP contribution in [-0.2, 0) is 0 Å². The highest BCUT2D eigenvalue weighted by atomic mass is 16.2. The molecule has 3 nitrogen and oxygen atoms in total. The average molecular weight is 262 g/mol. The predicted octanol–water partition coefficient (Wildman–Crippen LogP) is 3.69. The number of nitrogens with one attached hydrogen (secondary N) is 1. The van der Waals surface area contributed by atoms with E-state index in [0.29, 0.717) is 0 Å². The summed E-state index contributed by atoms with van der Waals surface area (Å²) in [7, 11) is 0. The quantitative estimate of drug-likeness (QED) is 0.813. The fourth-order valence-corrected chi connectivity index (χ4v) is 2.09. The van der Waals surface area contributed by atoms with Crippen LogP contribution in [0.4, 0.5) is 5.69 Å². The van der Waals surface area contributed by atoms with Gasteiger partial charge in [-0.05, 0) is 44.4 Å². The molecule has 0 fully saturated rings. The van der Waals surface area contributed by atoms with Gasteiger partial charge in [0.05, 0.1) is 5.56 Å². The third-order valence-corrected chi connectivity index (χ3v) is 3.13. The Kier molecular flexibility index (Phi) is 6.40. The van der Waals surface area contributed by atoms with Crippen LogP contribution in [0.5, 0.6) is 0 Å². The number of benzene rings is 1. The fraction of sp³-hybridized carbons (Fsp3) is 0.562. The molecule has 0 saturated carbocycles. The molecule has 0 aliphatic rings. The van der Waals surface area contributed by atoms with Gasteiger partial charge in [-0.3, -0.25) is 4.79 Å². The number of anilines is 1. The maximum atomic E-state index is 12.5. The van der Waals surface area contributed by atoms with E-state index in [1.165, 1.54) is 5.56 Å². The Balaban J connectivity index is 2.99. The van der Waals surface area contributed by atoms with E-state index in [-0.39, 0.29) is 5.91 Å². The monoisotopic (exact) mass is 262 g/mol. The normalized spacial score (nSPS) is 10.3. The second-order valence-corrected chi connectivity index (χ2v) is 4.86. The fourth-order valence-electron chi connectivity index (χ4n) is 2.09. The SMILES string of the molecule is CCCNc1cc(C)ccc1C(=O)N(CC)CCC. The van der Waals surface area contributed by atoms with Crippen LogP contribution in [0.3, 0.4) is 0 Å². The molecule has 0 radical (unpaired) electrons. The van der Waals surface area contributed by atoms with Crippen LogP contribution in [0.2, 0.25) is 0 Å². The molecule has 0 heterocycles. The molecule has 0 atom stereocenters. The van der Waals surface area contributed by atoms with E-state index >= 15 is 0 Å². The van der Waals surface area contributed by atoms with E-state index in [1.807, 2.05) is 24.0 Å². The second-order valence-electron chi connectivity index (χ2n) is 4.86. The summed E-state index contributed by atoms with van der Waals surface area (Å²) in [6.07, 6.45) is 2.04. The van der Waals surface area contributed by atoms with Crippen molar-refractivity contribution in [3.05, 3.63) is 29.3 Å². The smallest absolute Gasteiger partial charge is 0.255 e. The molecule has 0 bridgehead atoms. The van der Waals surface area contributed by atoms with Gasteiger partial charge in [-0.1, -0.05) is 19.9 Å². The molecule has 19 heavy (non-hydrogen) atoms. The van der Waals surface area contributed by atoms with Gasteiger partial charge in [0, 0.05) is 25.3 Å². The summed E-state index contributed by atoms with van der Waals surface area (Å²) >= 11 is 0. The second kappa shape index (κ2) is 7.82. The molecule has 0 spiro atoms. The number of hydrogen-bond donors (Lipinski definition) is 1. The molecule has 0 aliphatic carbocycles. The predicted molar refractivity (Wildman–Crippen MR) is 81.8 cm³/mol. The average Bonchev–Trinajstić information content (AvgIpc) is 2.42. The number of amides is 1. The molecule has 0 aromatic heterocycles. The maximum absolute atomic E-state index is 12.5. The molecule has 0 unspecified atom stereocenters. The van der Waals surface area contributed by atoms with Crippen molar-refractivity contribution in [1.82, 2.24) is 4.90 Å². The van der Waals surface area contributed by atoms with Gasteiger partial charge < -0.3 is 10.2 Å². The van der Waals surface area contributed by atoms with Crippen molar-refractivity contribution < 1.29 is 4.79 Å². The minimum absolute atomic E-state index is 0.128. The van der Waals surface area contributed by atoms with Gasteiger partial charge in [-0.15, -0.1) is 0 Å². The van der Waals surface area contributed by atoms with Gasteiger partial charge in [0.2, 0.25) is 0 Å². The van der Waals surface area contributed by atoms with Crippen molar-refractivity contribution in [3.63, 3.8) is 0 Å². The highest BCUT2D eigenvalue weighted by Crippen LogP contribution is 2.20. The summed E-state index contributed by atoms with van der Waals surface area (Å²) in [5.74, 6) is 0.128. The lowest BCUT2D eigenvalue weighted by atomic mass is 10.1. The summed E-state index contributed by atoms with van der Waals surface area (Å²) in [6, 6.07) is 6.00. The Morgan fingerprint density at radius 3 is 2.53 bits per heavy atom. The molecule has 0 saturated heterocycles. The van der Waals surface area contributed by atoms with Crippen LogP contribution in [0, 0.1) is 6.92 Å². The van der Waals surface area contributed by atoms with Gasteiger partial charge in [0.1, 0.15) is 0 Å². The summed E-state index contributed by atoms with van der Waals surface area (Å²) in [4.78, 5) is 14.5. The van der Waals surface area contributed by atoms with Crippen LogP contribution in [-0.4, -0.2) is 30.4 Å². The molecule has 1 rings (SSSR count). The lowest BCUT2D eigenvalue weighted by molar-refractivity contribution is 0.0765. The molecule has 3 heteroatoms. The molecule has 1 aromatic rings. The van der Waals surface area contributed by atoms with Crippen LogP contribution in [0.25, 0.3) is 0 Å². The minimum atomic E-state index is 0.128. The Bertz CT molecular complexity index is 415. The topological polar surface area (TPSA) is 32.3 Å². The van der Waals surface area contributed by atoms with Gasteiger partial charge in [-0.2, -0.15) is 0 Å². The Morgan fingerprint density at radius 1 is 1.21 bits per heavy atom. The zero-order valence-corrected chi connectivity index (χ0v) is 12.6. The van der Waals surface area contributed by atoms with Crippen molar-refractivity contribution in [1.29, 1.82) is 0 Å². The Morgan fingerprint density at radius 2 is 1.95 bits per heavy atom. The van der Waals surface area contributed by atoms with Crippen molar-refractivity contribution in [2.75, 3.05) is 25.0 Å². The third-order valence-electron chi connectivity index (χ3n) is 3.13. The van der Waals surface area contributed by atoms with E-state index in [9.17, 15) is 4.79 Å². The van der Waals surface area contributed by atoms with Crippen LogP contribution < -0.4 is 5.32 Å². The number of rotatable bonds is 7. The van der Waals surface area contributed by atoms with Crippen molar-refractivity contribution in [2.45, 2.75) is 40.5 Å². The van der Waals surface area contributed by atoms with Crippen LogP contribution >= 0.6 is 0 Å². The Hall–Kier alpha value is -1.51. The lowest BCUT2D eigenvalue weighted by Crippen LogP contribution is -2.32. The first-order valence-electron chi connectivity index (χ1n) is 7.27. The number of carbonyl (C=O) groups is 1. The van der Waals surface area contributed by atoms with E-state index in [0.717, 1.165) is 43.7 Å². The van der Waals surface area contributed by atoms with Crippen molar-refractivity contribution in [2.24, 2.45) is 0 Å². The van der Waals surface area contributed by atoms with Crippen molar-refractivity contribution >= 4 is 11.6 Å². The summed E-state index contributed by atoms with van der Waals surface area (Å²) in [5.41, 5.74) is 2.92. The van der Waals surface area contributed by atoms with E-state index in [4.69, 9.17) is 0 Å². The third kappa shape index (κ3) is 4.27. The molecular formula is C16H26N2O. The van der Waals surface area contributed by atoms with E-state index in [2.05, 4.69) is 32.2 Å². The van der Waals surface area contributed by atoms with Gasteiger partial charge in [-0.25, -0.2) is 0 Å². The van der Waals surface area contributed by atoms with Crippen LogP contribution in [0.15, 0.2) is 18.2 Å². The number of carbonyl (C=O) groups excluding carboxylic acids is 1.